The first-order valence-electron chi connectivity index (χ1n) is 8.47. The Balaban J connectivity index is 1.66. The van der Waals surface area contributed by atoms with Crippen molar-refractivity contribution in [3.63, 3.8) is 0 Å². The standard InChI is InChI=1S/C18H21N5O3S/c1-21-16-15(17(25)22(2)18(21)26)23(11-19-16)10-4-5-14(24)20-12-6-8-13(27-3)9-7-12/h6-9,11H,4-5,10H2,1-3H3,(H,20,24). The molecule has 0 aliphatic carbocycles. The van der Waals surface area contributed by atoms with Gasteiger partial charge in [-0.3, -0.25) is 18.7 Å². The molecule has 1 aromatic carbocycles. The molecule has 0 unspecified atom stereocenters. The zero-order valence-corrected chi connectivity index (χ0v) is 16.2. The van der Waals surface area contributed by atoms with E-state index in [4.69, 9.17) is 0 Å². The molecule has 0 saturated heterocycles. The number of nitrogens with one attached hydrogen (secondary N) is 1. The summed E-state index contributed by atoms with van der Waals surface area (Å²) in [5.74, 6) is -0.0865. The van der Waals surface area contributed by atoms with E-state index in [-0.39, 0.29) is 11.5 Å². The van der Waals surface area contributed by atoms with Gasteiger partial charge < -0.3 is 9.88 Å². The van der Waals surface area contributed by atoms with Crippen molar-refractivity contribution in [3.05, 3.63) is 51.4 Å². The maximum atomic E-state index is 12.4. The molecule has 0 radical (unpaired) electrons. The SMILES string of the molecule is CSc1ccc(NC(=O)CCCn2cnc3c2c(=O)n(C)c(=O)n3C)cc1. The molecule has 1 amide bonds. The first-order valence-corrected chi connectivity index (χ1v) is 9.69. The fraction of sp³-hybridized carbons (Fsp3) is 0.333. The predicted octanol–water partition coefficient (Wildman–Crippen LogP) is 1.57. The summed E-state index contributed by atoms with van der Waals surface area (Å²) in [6.07, 6.45) is 4.39. The van der Waals surface area contributed by atoms with Crippen molar-refractivity contribution < 1.29 is 4.79 Å². The second kappa shape index (κ2) is 7.83. The lowest BCUT2D eigenvalue weighted by Crippen LogP contribution is -2.37. The molecule has 2 heterocycles. The van der Waals surface area contributed by atoms with Crippen LogP contribution in [0, 0.1) is 0 Å². The molecule has 1 N–H and O–H groups in total. The van der Waals surface area contributed by atoms with Gasteiger partial charge in [0.15, 0.2) is 11.2 Å². The topological polar surface area (TPSA) is 90.9 Å². The molecular formula is C18H21N5O3S. The summed E-state index contributed by atoms with van der Waals surface area (Å²) in [4.78, 5) is 41.8. The Bertz CT molecular complexity index is 1100. The van der Waals surface area contributed by atoms with Crippen LogP contribution in [-0.2, 0) is 25.4 Å². The number of hydrogen-bond acceptors (Lipinski definition) is 5. The first kappa shape index (κ1) is 19.0. The highest BCUT2D eigenvalue weighted by Gasteiger charge is 2.14. The highest BCUT2D eigenvalue weighted by atomic mass is 32.2. The zero-order valence-electron chi connectivity index (χ0n) is 15.4. The second-order valence-electron chi connectivity index (χ2n) is 6.20. The third-order valence-electron chi connectivity index (χ3n) is 4.39. The van der Waals surface area contributed by atoms with Crippen LogP contribution in [0.4, 0.5) is 5.69 Å². The Labute approximate surface area is 159 Å². The molecule has 142 valence electrons. The summed E-state index contributed by atoms with van der Waals surface area (Å²) in [5.41, 5.74) is 0.678. The summed E-state index contributed by atoms with van der Waals surface area (Å²) in [7, 11) is 3.02. The molecule has 0 fully saturated rings. The highest BCUT2D eigenvalue weighted by molar-refractivity contribution is 7.98. The van der Waals surface area contributed by atoms with Crippen molar-refractivity contribution in [1.82, 2.24) is 18.7 Å². The van der Waals surface area contributed by atoms with Crippen molar-refractivity contribution in [2.75, 3.05) is 11.6 Å². The minimum absolute atomic E-state index is 0.0865. The fourth-order valence-electron chi connectivity index (χ4n) is 2.87. The van der Waals surface area contributed by atoms with Crippen molar-refractivity contribution >= 4 is 34.5 Å². The number of rotatable bonds is 6. The van der Waals surface area contributed by atoms with E-state index in [0.717, 1.165) is 15.1 Å². The van der Waals surface area contributed by atoms with Gasteiger partial charge in [-0.15, -0.1) is 11.8 Å². The van der Waals surface area contributed by atoms with Gasteiger partial charge in [-0.05, 0) is 36.9 Å². The average Bonchev–Trinajstić information content (AvgIpc) is 3.09. The number of benzene rings is 1. The van der Waals surface area contributed by atoms with Gasteiger partial charge in [0.2, 0.25) is 5.91 Å². The van der Waals surface area contributed by atoms with Crippen molar-refractivity contribution in [3.8, 4) is 0 Å². The number of carbonyl (C=O) groups is 1. The normalized spacial score (nSPS) is 11.1. The Morgan fingerprint density at radius 2 is 1.85 bits per heavy atom. The molecular weight excluding hydrogens is 366 g/mol. The molecule has 9 heteroatoms. The van der Waals surface area contributed by atoms with Gasteiger partial charge in [0.05, 0.1) is 6.33 Å². The van der Waals surface area contributed by atoms with E-state index >= 15 is 0 Å². The number of thioether (sulfide) groups is 1. The van der Waals surface area contributed by atoms with Gasteiger partial charge in [-0.2, -0.15) is 0 Å². The van der Waals surface area contributed by atoms with E-state index in [2.05, 4.69) is 10.3 Å². The number of imidazole rings is 1. The zero-order chi connectivity index (χ0) is 19.6. The molecule has 0 atom stereocenters. The number of hydrogen-bond donors (Lipinski definition) is 1. The molecule has 27 heavy (non-hydrogen) atoms. The van der Waals surface area contributed by atoms with Crippen LogP contribution in [0.25, 0.3) is 11.2 Å². The Hall–Kier alpha value is -2.81. The van der Waals surface area contributed by atoms with Crippen LogP contribution in [0.3, 0.4) is 0 Å². The van der Waals surface area contributed by atoms with Crippen molar-refractivity contribution in [1.29, 1.82) is 0 Å². The van der Waals surface area contributed by atoms with Crippen LogP contribution in [0.1, 0.15) is 12.8 Å². The van der Waals surface area contributed by atoms with Crippen LogP contribution in [0.5, 0.6) is 0 Å². The molecule has 0 spiro atoms. The quantitative estimate of drug-likeness (QED) is 0.649. The maximum absolute atomic E-state index is 12.4. The third-order valence-corrected chi connectivity index (χ3v) is 5.14. The van der Waals surface area contributed by atoms with Gasteiger partial charge in [0.25, 0.3) is 5.56 Å². The van der Waals surface area contributed by atoms with E-state index in [9.17, 15) is 14.4 Å². The lowest BCUT2D eigenvalue weighted by atomic mass is 10.2. The summed E-state index contributed by atoms with van der Waals surface area (Å²) in [6, 6.07) is 7.66. The van der Waals surface area contributed by atoms with E-state index in [1.54, 1.807) is 23.4 Å². The first-order chi connectivity index (χ1) is 12.9. The average molecular weight is 387 g/mol. The number of nitrogens with zero attached hydrogens (tertiary/aromatic N) is 4. The monoisotopic (exact) mass is 387 g/mol. The molecule has 8 nitrogen and oxygen atoms in total. The minimum Gasteiger partial charge on any atom is -0.326 e. The fourth-order valence-corrected chi connectivity index (χ4v) is 3.28. The Kier molecular flexibility index (Phi) is 5.50. The predicted molar refractivity (Wildman–Crippen MR) is 106 cm³/mol. The van der Waals surface area contributed by atoms with Gasteiger partial charge in [0.1, 0.15) is 0 Å². The van der Waals surface area contributed by atoms with Gasteiger partial charge in [-0.25, -0.2) is 9.78 Å². The number of aromatic nitrogens is 4. The Morgan fingerprint density at radius 1 is 1.15 bits per heavy atom. The third kappa shape index (κ3) is 3.82. The lowest BCUT2D eigenvalue weighted by molar-refractivity contribution is -0.116. The van der Waals surface area contributed by atoms with Crippen LogP contribution in [0.15, 0.2) is 45.1 Å². The van der Waals surface area contributed by atoms with E-state index < -0.39 is 5.69 Å². The summed E-state index contributed by atoms with van der Waals surface area (Å²) >= 11 is 1.64. The van der Waals surface area contributed by atoms with Crippen LogP contribution >= 0.6 is 11.8 Å². The van der Waals surface area contributed by atoms with Crippen LogP contribution in [-0.4, -0.2) is 30.8 Å². The lowest BCUT2D eigenvalue weighted by Gasteiger charge is -2.08. The number of carbonyl (C=O) groups excluding carboxylic acids is 1. The van der Waals surface area contributed by atoms with Crippen LogP contribution in [0.2, 0.25) is 0 Å². The number of aryl methyl sites for hydroxylation is 2. The highest BCUT2D eigenvalue weighted by Crippen LogP contribution is 2.17. The Morgan fingerprint density at radius 3 is 2.52 bits per heavy atom. The number of amides is 1. The smallest absolute Gasteiger partial charge is 0.326 e. The number of anilines is 1. The summed E-state index contributed by atoms with van der Waals surface area (Å²) < 4.78 is 4.10. The summed E-state index contributed by atoms with van der Waals surface area (Å²) in [5, 5.41) is 2.86. The number of fused-ring (bicyclic) bond motifs is 1. The largest absolute Gasteiger partial charge is 0.332 e. The van der Waals surface area contributed by atoms with Gasteiger partial charge in [0, 0.05) is 37.6 Å². The molecule has 0 bridgehead atoms. The minimum atomic E-state index is -0.412. The van der Waals surface area contributed by atoms with Gasteiger partial charge in [-0.1, -0.05) is 0 Å². The van der Waals surface area contributed by atoms with Crippen LogP contribution < -0.4 is 16.6 Å². The second-order valence-corrected chi connectivity index (χ2v) is 7.08. The van der Waals surface area contributed by atoms with E-state index in [1.165, 1.54) is 17.9 Å². The van der Waals surface area contributed by atoms with Crippen molar-refractivity contribution in [2.24, 2.45) is 14.1 Å². The molecule has 2 aromatic heterocycles. The maximum Gasteiger partial charge on any atom is 0.332 e. The molecule has 0 aliphatic heterocycles. The van der Waals surface area contributed by atoms with Crippen molar-refractivity contribution in [2.45, 2.75) is 24.3 Å². The molecule has 3 rings (SSSR count). The van der Waals surface area contributed by atoms with E-state index in [1.807, 2.05) is 30.5 Å². The molecule has 0 saturated carbocycles. The van der Waals surface area contributed by atoms with E-state index in [0.29, 0.717) is 30.6 Å². The van der Waals surface area contributed by atoms with Gasteiger partial charge >= 0.3 is 5.69 Å². The molecule has 0 aliphatic rings. The summed E-state index contributed by atoms with van der Waals surface area (Å²) in [6.45, 7) is 0.461. The molecule has 3 aromatic rings.